The van der Waals surface area contributed by atoms with Crippen LogP contribution in [0.1, 0.15) is 39.2 Å². The van der Waals surface area contributed by atoms with Gasteiger partial charge >= 0.3 is 5.97 Å². The first-order chi connectivity index (χ1) is 12.3. The molecular weight excluding hydrogens is 340 g/mol. The standard InChI is InChI=1S/C18H18N2O6/c1-9-13(18(23)24)7-11(25-9)8-20(3)17(22)12-5-4-6-14-15(12)26-10(2)16(21)19-14/h4-7,10H,8H2,1-3H3,(H,19,21)(H,23,24). The van der Waals surface area contributed by atoms with Crippen LogP contribution >= 0.6 is 0 Å². The Morgan fingerprint density at radius 3 is 2.69 bits per heavy atom. The maximum absolute atomic E-state index is 12.8. The molecule has 0 saturated carbocycles. The predicted molar refractivity (Wildman–Crippen MR) is 91.4 cm³/mol. The molecule has 1 unspecified atom stereocenters. The van der Waals surface area contributed by atoms with Gasteiger partial charge in [0.1, 0.15) is 17.1 Å². The van der Waals surface area contributed by atoms with Crippen molar-refractivity contribution in [2.24, 2.45) is 0 Å². The van der Waals surface area contributed by atoms with Crippen LogP contribution < -0.4 is 10.1 Å². The van der Waals surface area contributed by atoms with Crippen molar-refractivity contribution < 1.29 is 28.6 Å². The summed E-state index contributed by atoms with van der Waals surface area (Å²) in [6.07, 6.45) is -0.701. The lowest BCUT2D eigenvalue weighted by Crippen LogP contribution is -2.36. The number of amides is 2. The molecule has 26 heavy (non-hydrogen) atoms. The molecule has 2 amide bonds. The minimum absolute atomic E-state index is 0.0674. The topological polar surface area (TPSA) is 109 Å². The fraction of sp³-hybridized carbons (Fsp3) is 0.278. The van der Waals surface area contributed by atoms with Gasteiger partial charge in [0.15, 0.2) is 11.9 Å². The second kappa shape index (κ2) is 6.55. The first-order valence-electron chi connectivity index (χ1n) is 7.96. The van der Waals surface area contributed by atoms with Gasteiger partial charge in [0.25, 0.3) is 11.8 Å². The highest BCUT2D eigenvalue weighted by Gasteiger charge is 2.29. The minimum atomic E-state index is -1.08. The normalized spacial score (nSPS) is 15.7. The molecule has 2 N–H and O–H groups in total. The van der Waals surface area contributed by atoms with Crippen molar-refractivity contribution >= 4 is 23.5 Å². The molecule has 0 aliphatic carbocycles. The van der Waals surface area contributed by atoms with E-state index in [9.17, 15) is 14.4 Å². The van der Waals surface area contributed by atoms with Gasteiger partial charge in [-0.3, -0.25) is 9.59 Å². The molecule has 0 bridgehead atoms. The molecular formula is C18H18N2O6. The Morgan fingerprint density at radius 1 is 1.31 bits per heavy atom. The number of fused-ring (bicyclic) bond motifs is 1. The van der Waals surface area contributed by atoms with Gasteiger partial charge in [0.2, 0.25) is 0 Å². The predicted octanol–water partition coefficient (Wildman–Crippen LogP) is 2.28. The number of aromatic carboxylic acids is 1. The van der Waals surface area contributed by atoms with E-state index < -0.39 is 12.1 Å². The third-order valence-corrected chi connectivity index (χ3v) is 4.11. The number of aryl methyl sites for hydroxylation is 1. The van der Waals surface area contributed by atoms with Crippen LogP contribution in [0.4, 0.5) is 5.69 Å². The highest BCUT2D eigenvalue weighted by Crippen LogP contribution is 2.34. The lowest BCUT2D eigenvalue weighted by atomic mass is 10.1. The summed E-state index contributed by atoms with van der Waals surface area (Å²) >= 11 is 0. The maximum atomic E-state index is 12.8. The van der Waals surface area contributed by atoms with Crippen LogP contribution in [-0.2, 0) is 11.3 Å². The van der Waals surface area contributed by atoms with Crippen LogP contribution in [0.3, 0.4) is 0 Å². The van der Waals surface area contributed by atoms with Crippen molar-refractivity contribution in [3.05, 3.63) is 46.9 Å². The van der Waals surface area contributed by atoms with Crippen molar-refractivity contribution in [3.8, 4) is 5.75 Å². The van der Waals surface area contributed by atoms with Gasteiger partial charge in [0, 0.05) is 7.05 Å². The Labute approximate surface area is 149 Å². The number of ether oxygens (including phenoxy) is 1. The number of nitrogens with zero attached hydrogens (tertiary/aromatic N) is 1. The summed E-state index contributed by atoms with van der Waals surface area (Å²) in [7, 11) is 1.57. The van der Waals surface area contributed by atoms with Crippen molar-refractivity contribution in [3.63, 3.8) is 0 Å². The summed E-state index contributed by atoms with van der Waals surface area (Å²) in [6, 6.07) is 6.32. The molecule has 1 aliphatic heterocycles. The molecule has 0 saturated heterocycles. The van der Waals surface area contributed by atoms with Crippen LogP contribution in [0.5, 0.6) is 5.75 Å². The number of hydrogen-bond acceptors (Lipinski definition) is 5. The molecule has 1 atom stereocenters. The lowest BCUT2D eigenvalue weighted by molar-refractivity contribution is -0.122. The fourth-order valence-corrected chi connectivity index (χ4v) is 2.74. The fourth-order valence-electron chi connectivity index (χ4n) is 2.74. The number of carboxylic acids is 1. The summed E-state index contributed by atoms with van der Waals surface area (Å²) in [4.78, 5) is 37.0. The van der Waals surface area contributed by atoms with Crippen LogP contribution in [0.2, 0.25) is 0 Å². The van der Waals surface area contributed by atoms with Gasteiger partial charge in [-0.05, 0) is 32.0 Å². The number of carbonyl (C=O) groups excluding carboxylic acids is 2. The highest BCUT2D eigenvalue weighted by atomic mass is 16.5. The number of hydrogen-bond donors (Lipinski definition) is 2. The third-order valence-electron chi connectivity index (χ3n) is 4.11. The van der Waals surface area contributed by atoms with Crippen LogP contribution in [0.15, 0.2) is 28.7 Å². The van der Waals surface area contributed by atoms with Gasteiger partial charge in [-0.1, -0.05) is 6.07 Å². The van der Waals surface area contributed by atoms with E-state index in [1.54, 1.807) is 39.1 Å². The van der Waals surface area contributed by atoms with E-state index in [-0.39, 0.29) is 29.7 Å². The SMILES string of the molecule is Cc1oc(CN(C)C(=O)c2cccc3c2OC(C)C(=O)N3)cc1C(=O)O. The van der Waals surface area contributed by atoms with Crippen molar-refractivity contribution in [2.75, 3.05) is 12.4 Å². The van der Waals surface area contributed by atoms with Gasteiger partial charge in [-0.25, -0.2) is 4.79 Å². The zero-order chi connectivity index (χ0) is 19.0. The Balaban J connectivity index is 1.84. The monoisotopic (exact) mass is 358 g/mol. The number of nitrogens with one attached hydrogen (secondary N) is 1. The zero-order valence-corrected chi connectivity index (χ0v) is 14.5. The molecule has 3 rings (SSSR count). The Bertz CT molecular complexity index is 901. The lowest BCUT2D eigenvalue weighted by Gasteiger charge is -2.26. The molecule has 2 heterocycles. The molecule has 0 radical (unpaired) electrons. The molecule has 136 valence electrons. The Kier molecular flexibility index (Phi) is 4.41. The van der Waals surface area contributed by atoms with Crippen LogP contribution in [0, 0.1) is 6.92 Å². The number of para-hydroxylation sites is 1. The Morgan fingerprint density at radius 2 is 2.04 bits per heavy atom. The number of carboxylic acid groups (broad SMARTS) is 1. The molecule has 2 aromatic rings. The quantitative estimate of drug-likeness (QED) is 0.868. The van der Waals surface area contributed by atoms with E-state index >= 15 is 0 Å². The summed E-state index contributed by atoms with van der Waals surface area (Å²) in [5.41, 5.74) is 0.811. The molecule has 0 fully saturated rings. The average Bonchev–Trinajstić information content (AvgIpc) is 2.95. The van der Waals surface area contributed by atoms with Gasteiger partial charge in [-0.2, -0.15) is 0 Å². The summed E-state index contributed by atoms with van der Waals surface area (Å²) < 4.78 is 11.0. The maximum Gasteiger partial charge on any atom is 0.339 e. The second-order valence-corrected chi connectivity index (χ2v) is 6.08. The van der Waals surface area contributed by atoms with Crippen LogP contribution in [0.25, 0.3) is 0 Å². The smallest absolute Gasteiger partial charge is 0.339 e. The molecule has 8 nitrogen and oxygen atoms in total. The first-order valence-corrected chi connectivity index (χ1v) is 7.96. The zero-order valence-electron chi connectivity index (χ0n) is 14.5. The summed E-state index contributed by atoms with van der Waals surface area (Å²) in [6.45, 7) is 3.25. The summed E-state index contributed by atoms with van der Waals surface area (Å²) in [5.74, 6) is -0.729. The first kappa shape index (κ1) is 17.5. The number of furan rings is 1. The van der Waals surface area contributed by atoms with Crippen molar-refractivity contribution in [1.29, 1.82) is 0 Å². The van der Waals surface area contributed by atoms with E-state index in [0.29, 0.717) is 22.8 Å². The van der Waals surface area contributed by atoms with Crippen molar-refractivity contribution in [2.45, 2.75) is 26.5 Å². The van der Waals surface area contributed by atoms with E-state index in [4.69, 9.17) is 14.3 Å². The van der Waals surface area contributed by atoms with Gasteiger partial charge in [0.05, 0.1) is 17.8 Å². The molecule has 0 spiro atoms. The van der Waals surface area contributed by atoms with Crippen LogP contribution in [-0.4, -0.2) is 40.9 Å². The molecule has 1 aliphatic rings. The number of rotatable bonds is 4. The van der Waals surface area contributed by atoms with E-state index in [2.05, 4.69) is 5.32 Å². The average molecular weight is 358 g/mol. The highest BCUT2D eigenvalue weighted by molar-refractivity contribution is 6.03. The van der Waals surface area contributed by atoms with Gasteiger partial charge in [-0.15, -0.1) is 0 Å². The Hall–Kier alpha value is -3.29. The third kappa shape index (κ3) is 3.13. The minimum Gasteiger partial charge on any atom is -0.478 e. The number of benzene rings is 1. The largest absolute Gasteiger partial charge is 0.478 e. The van der Waals surface area contributed by atoms with E-state index in [1.807, 2.05) is 0 Å². The second-order valence-electron chi connectivity index (χ2n) is 6.08. The van der Waals surface area contributed by atoms with E-state index in [0.717, 1.165) is 0 Å². The molecule has 1 aromatic carbocycles. The van der Waals surface area contributed by atoms with E-state index in [1.165, 1.54) is 11.0 Å². The number of carbonyl (C=O) groups is 3. The van der Waals surface area contributed by atoms with Gasteiger partial charge < -0.3 is 24.5 Å². The molecule has 8 heteroatoms. The summed E-state index contributed by atoms with van der Waals surface area (Å²) in [5, 5.41) is 11.8. The number of anilines is 1. The van der Waals surface area contributed by atoms with Crippen molar-refractivity contribution in [1.82, 2.24) is 4.90 Å². The molecule has 1 aromatic heterocycles.